The number of nitrogens with zero attached hydrogens (tertiary/aromatic N) is 2. The molecule has 1 aromatic heterocycles. The molecule has 0 atom stereocenters. The molecule has 0 bridgehead atoms. The summed E-state index contributed by atoms with van der Waals surface area (Å²) in [5, 5.41) is 5.56. The molecule has 0 aliphatic heterocycles. The van der Waals surface area contributed by atoms with E-state index >= 15 is 0 Å². The molecule has 0 aliphatic carbocycles. The molecule has 0 spiro atoms. The topological polar surface area (TPSA) is 66.9 Å². The quantitative estimate of drug-likeness (QED) is 0.689. The van der Waals surface area contributed by atoms with Crippen LogP contribution in [-0.4, -0.2) is 15.9 Å². The first-order chi connectivity index (χ1) is 12.9. The van der Waals surface area contributed by atoms with Crippen LogP contribution in [0.5, 0.6) is 0 Å². The van der Waals surface area contributed by atoms with Crippen LogP contribution in [0.4, 0.5) is 26.1 Å². The number of nitrogens with one attached hydrogen (secondary N) is 2. The van der Waals surface area contributed by atoms with Gasteiger partial charge >= 0.3 is 0 Å². The van der Waals surface area contributed by atoms with Crippen LogP contribution in [0.2, 0.25) is 0 Å². The standard InChI is InChI=1S/C20H18F2N4O/c1-3-13-4-6-14(7-5-13)24-19(27)18-10-12(2)23-20(26-18)25-15-8-9-16(21)17(22)11-15/h4-11H,3H2,1-2H3,(H,24,27)(H,23,25,26). The summed E-state index contributed by atoms with van der Waals surface area (Å²) < 4.78 is 26.4. The SMILES string of the molecule is CCc1ccc(NC(=O)c2cc(C)nc(Nc3ccc(F)c(F)c3)n2)cc1. The van der Waals surface area contributed by atoms with Crippen molar-refractivity contribution in [3.63, 3.8) is 0 Å². The van der Waals surface area contributed by atoms with Gasteiger partial charge in [0.1, 0.15) is 5.69 Å². The number of carbonyl (C=O) groups is 1. The van der Waals surface area contributed by atoms with Crippen molar-refractivity contribution >= 4 is 23.2 Å². The average Bonchev–Trinajstić information content (AvgIpc) is 2.65. The number of halogens is 2. The van der Waals surface area contributed by atoms with Crippen LogP contribution in [-0.2, 0) is 6.42 Å². The Balaban J connectivity index is 1.79. The third-order valence-electron chi connectivity index (χ3n) is 3.88. The largest absolute Gasteiger partial charge is 0.324 e. The molecule has 3 rings (SSSR count). The molecule has 0 unspecified atom stereocenters. The second-order valence-electron chi connectivity index (χ2n) is 5.98. The van der Waals surface area contributed by atoms with Gasteiger partial charge in [0, 0.05) is 23.1 Å². The Labute approximate surface area is 155 Å². The molecule has 0 saturated carbocycles. The summed E-state index contributed by atoms with van der Waals surface area (Å²) in [6.07, 6.45) is 0.915. The Morgan fingerprint density at radius 1 is 0.963 bits per heavy atom. The van der Waals surface area contributed by atoms with E-state index in [0.717, 1.165) is 18.6 Å². The summed E-state index contributed by atoms with van der Waals surface area (Å²) in [7, 11) is 0. The van der Waals surface area contributed by atoms with Gasteiger partial charge in [0.2, 0.25) is 5.95 Å². The van der Waals surface area contributed by atoms with Gasteiger partial charge in [-0.25, -0.2) is 18.7 Å². The summed E-state index contributed by atoms with van der Waals surface area (Å²) in [4.78, 5) is 20.8. The van der Waals surface area contributed by atoms with Crippen LogP contribution >= 0.6 is 0 Å². The van der Waals surface area contributed by atoms with E-state index in [0.29, 0.717) is 11.4 Å². The third-order valence-corrected chi connectivity index (χ3v) is 3.88. The Morgan fingerprint density at radius 2 is 1.67 bits per heavy atom. The summed E-state index contributed by atoms with van der Waals surface area (Å²) in [6, 6.07) is 12.4. The van der Waals surface area contributed by atoms with Gasteiger partial charge in [0.25, 0.3) is 5.91 Å². The molecule has 7 heteroatoms. The number of rotatable bonds is 5. The van der Waals surface area contributed by atoms with Gasteiger partial charge in [-0.1, -0.05) is 19.1 Å². The highest BCUT2D eigenvalue weighted by molar-refractivity contribution is 6.03. The molecule has 0 aliphatic rings. The predicted molar refractivity (Wildman–Crippen MR) is 100 cm³/mol. The zero-order valence-corrected chi connectivity index (χ0v) is 14.9. The predicted octanol–water partition coefficient (Wildman–Crippen LogP) is 4.62. The van der Waals surface area contributed by atoms with Crippen LogP contribution in [0.25, 0.3) is 0 Å². The van der Waals surface area contributed by atoms with E-state index in [1.165, 1.54) is 11.6 Å². The molecule has 5 nitrogen and oxygen atoms in total. The number of anilines is 3. The van der Waals surface area contributed by atoms with E-state index < -0.39 is 17.5 Å². The lowest BCUT2D eigenvalue weighted by Crippen LogP contribution is -2.15. The number of carbonyl (C=O) groups excluding carboxylic acids is 1. The minimum atomic E-state index is -0.985. The number of aryl methyl sites for hydroxylation is 2. The third kappa shape index (κ3) is 4.63. The number of hydrogen-bond donors (Lipinski definition) is 2. The highest BCUT2D eigenvalue weighted by atomic mass is 19.2. The van der Waals surface area contributed by atoms with Gasteiger partial charge in [-0.05, 0) is 49.2 Å². The lowest BCUT2D eigenvalue weighted by molar-refractivity contribution is 0.102. The van der Waals surface area contributed by atoms with Gasteiger partial charge < -0.3 is 10.6 Å². The van der Waals surface area contributed by atoms with Crippen molar-refractivity contribution in [3.8, 4) is 0 Å². The molecule has 1 heterocycles. The fourth-order valence-corrected chi connectivity index (χ4v) is 2.46. The maximum atomic E-state index is 13.3. The van der Waals surface area contributed by atoms with Gasteiger partial charge in [-0.15, -0.1) is 0 Å². The van der Waals surface area contributed by atoms with Crippen molar-refractivity contribution in [3.05, 3.63) is 77.1 Å². The first kappa shape index (κ1) is 18.4. The van der Waals surface area contributed by atoms with E-state index in [9.17, 15) is 13.6 Å². The Kier molecular flexibility index (Phi) is 5.40. The second kappa shape index (κ2) is 7.90. The minimum Gasteiger partial charge on any atom is -0.324 e. The normalized spacial score (nSPS) is 10.5. The lowest BCUT2D eigenvalue weighted by atomic mass is 10.1. The Bertz CT molecular complexity index is 974. The summed E-state index contributed by atoms with van der Waals surface area (Å²) in [5.41, 5.74) is 2.82. The minimum absolute atomic E-state index is 0.118. The van der Waals surface area contributed by atoms with Gasteiger partial charge in [-0.2, -0.15) is 0 Å². The molecule has 3 aromatic rings. The van der Waals surface area contributed by atoms with E-state index in [4.69, 9.17) is 0 Å². The Hall–Kier alpha value is -3.35. The number of amides is 1. The van der Waals surface area contributed by atoms with Crippen LogP contribution < -0.4 is 10.6 Å². The summed E-state index contributed by atoms with van der Waals surface area (Å²) in [5.74, 6) is -2.20. The lowest BCUT2D eigenvalue weighted by Gasteiger charge is -2.09. The monoisotopic (exact) mass is 368 g/mol. The second-order valence-corrected chi connectivity index (χ2v) is 5.98. The fraction of sp³-hybridized carbons (Fsp3) is 0.150. The van der Waals surface area contributed by atoms with Crippen LogP contribution in [0.15, 0.2) is 48.5 Å². The van der Waals surface area contributed by atoms with Crippen molar-refractivity contribution in [2.24, 2.45) is 0 Å². The molecule has 2 N–H and O–H groups in total. The van der Waals surface area contributed by atoms with Gasteiger partial charge in [0.05, 0.1) is 0 Å². The first-order valence-electron chi connectivity index (χ1n) is 8.42. The molecule has 1 amide bonds. The number of aromatic nitrogens is 2. The molecule has 27 heavy (non-hydrogen) atoms. The van der Waals surface area contributed by atoms with Crippen LogP contribution in [0.1, 0.15) is 28.7 Å². The van der Waals surface area contributed by atoms with E-state index in [-0.39, 0.29) is 17.3 Å². The van der Waals surface area contributed by atoms with E-state index in [2.05, 4.69) is 27.5 Å². The Morgan fingerprint density at radius 3 is 2.33 bits per heavy atom. The summed E-state index contributed by atoms with van der Waals surface area (Å²) >= 11 is 0. The van der Waals surface area contributed by atoms with Gasteiger partial charge in [0.15, 0.2) is 11.6 Å². The average molecular weight is 368 g/mol. The smallest absolute Gasteiger partial charge is 0.274 e. The van der Waals surface area contributed by atoms with Crippen molar-refractivity contribution < 1.29 is 13.6 Å². The maximum Gasteiger partial charge on any atom is 0.274 e. The van der Waals surface area contributed by atoms with Gasteiger partial charge in [-0.3, -0.25) is 4.79 Å². The zero-order valence-electron chi connectivity index (χ0n) is 14.9. The maximum absolute atomic E-state index is 13.3. The van der Waals surface area contributed by atoms with Crippen molar-refractivity contribution in [2.45, 2.75) is 20.3 Å². The van der Waals surface area contributed by atoms with E-state index in [1.54, 1.807) is 13.0 Å². The molecule has 138 valence electrons. The van der Waals surface area contributed by atoms with Crippen LogP contribution in [0.3, 0.4) is 0 Å². The molecule has 0 saturated heterocycles. The number of benzene rings is 2. The molecule has 0 fully saturated rings. The summed E-state index contributed by atoms with van der Waals surface area (Å²) in [6.45, 7) is 3.77. The van der Waals surface area contributed by atoms with Crippen molar-refractivity contribution in [1.82, 2.24) is 9.97 Å². The van der Waals surface area contributed by atoms with Crippen LogP contribution in [0, 0.1) is 18.6 Å². The molecular formula is C20H18F2N4O. The number of hydrogen-bond acceptors (Lipinski definition) is 4. The highest BCUT2D eigenvalue weighted by Gasteiger charge is 2.12. The van der Waals surface area contributed by atoms with Crippen molar-refractivity contribution in [1.29, 1.82) is 0 Å². The molecule has 0 radical (unpaired) electrons. The zero-order chi connectivity index (χ0) is 19.4. The van der Waals surface area contributed by atoms with Crippen molar-refractivity contribution in [2.75, 3.05) is 10.6 Å². The molecular weight excluding hydrogens is 350 g/mol. The molecule has 2 aromatic carbocycles. The fourth-order valence-electron chi connectivity index (χ4n) is 2.46. The highest BCUT2D eigenvalue weighted by Crippen LogP contribution is 2.18. The first-order valence-corrected chi connectivity index (χ1v) is 8.42. The van der Waals surface area contributed by atoms with E-state index in [1.807, 2.05) is 24.3 Å².